The predicted octanol–water partition coefficient (Wildman–Crippen LogP) is 0.223. The molecule has 0 spiro atoms. The fourth-order valence-corrected chi connectivity index (χ4v) is 0.640. The summed E-state index contributed by atoms with van der Waals surface area (Å²) in [4.78, 5) is 8.48. The zero-order chi connectivity index (χ0) is 7.33. The van der Waals surface area contributed by atoms with Gasteiger partial charge in [0.2, 0.25) is 0 Å². The highest BCUT2D eigenvalue weighted by Crippen LogP contribution is 2.43. The van der Waals surface area contributed by atoms with Gasteiger partial charge in [0.1, 0.15) is 0 Å². The van der Waals surface area contributed by atoms with E-state index in [1.54, 1.807) is 0 Å². The molecule has 0 amide bonds. The van der Waals surface area contributed by atoms with E-state index in [1.807, 2.05) is 0 Å². The Morgan fingerprint density at radius 2 is 1.60 bits per heavy atom. The summed E-state index contributed by atoms with van der Waals surface area (Å²) in [6.45, 7) is 6.12. The van der Waals surface area contributed by atoms with Crippen LogP contribution in [0.25, 0.3) is 0 Å². The lowest BCUT2D eigenvalue weighted by atomic mass is 11.2. The number of hydrogen-bond acceptors (Lipinski definition) is 3. The highest BCUT2D eigenvalue weighted by Gasteiger charge is 2.18. The van der Waals surface area contributed by atoms with Crippen LogP contribution in [0.2, 0.25) is 0 Å². The van der Waals surface area contributed by atoms with E-state index in [-0.39, 0.29) is 17.4 Å². The van der Waals surface area contributed by atoms with Gasteiger partial charge in [-0.15, -0.1) is 0 Å². The van der Waals surface area contributed by atoms with Gasteiger partial charge in [-0.2, -0.15) is 0 Å². The van der Waals surface area contributed by atoms with Crippen molar-refractivity contribution in [2.24, 2.45) is 0 Å². The second kappa shape index (κ2) is 5.58. The summed E-state index contributed by atoms with van der Waals surface area (Å²) in [5.41, 5.74) is 0. The Balaban J connectivity index is 0. The minimum absolute atomic E-state index is 0. The Morgan fingerprint density at radius 1 is 1.30 bits per heavy atom. The Morgan fingerprint density at radius 3 is 1.80 bits per heavy atom. The maximum absolute atomic E-state index is 10.4. The molecule has 0 aromatic heterocycles. The third kappa shape index (κ3) is 5.93. The van der Waals surface area contributed by atoms with Crippen molar-refractivity contribution in [3.05, 3.63) is 25.7 Å². The molecule has 0 atom stereocenters. The van der Waals surface area contributed by atoms with E-state index < -0.39 is 7.82 Å². The Bertz CT molecular complexity index is 143. The molecule has 0 saturated carbocycles. The molecule has 0 heterocycles. The summed E-state index contributed by atoms with van der Waals surface area (Å²) in [7, 11) is -3.93. The molecule has 58 valence electrons. The molecule has 6 heteroatoms. The van der Waals surface area contributed by atoms with Gasteiger partial charge >= 0.3 is 7.82 Å². The van der Waals surface area contributed by atoms with E-state index >= 15 is 0 Å². The molecule has 0 aromatic rings. The molecule has 1 N–H and O–H groups in total. The first-order chi connectivity index (χ1) is 4.12. The zero-order valence-electron chi connectivity index (χ0n) is 4.69. The second-order valence-corrected chi connectivity index (χ2v) is 2.37. The molecular formula is C4H10AlO4P. The molecule has 0 aliphatic rings. The number of phosphoric acid groups is 1. The van der Waals surface area contributed by atoms with Gasteiger partial charge in [0.05, 0.1) is 12.5 Å². The van der Waals surface area contributed by atoms with Crippen LogP contribution >= 0.6 is 7.82 Å². The second-order valence-electron chi connectivity index (χ2n) is 1.01. The summed E-state index contributed by atoms with van der Waals surface area (Å²) in [6, 6.07) is 0. The molecular weight excluding hydrogens is 170 g/mol. The molecule has 0 fully saturated rings. The Kier molecular flexibility index (Phi) is 6.96. The van der Waals surface area contributed by atoms with Gasteiger partial charge in [-0.25, -0.2) is 4.57 Å². The van der Waals surface area contributed by atoms with Crippen molar-refractivity contribution in [1.29, 1.82) is 0 Å². The molecule has 10 heavy (non-hydrogen) atoms. The monoisotopic (exact) mass is 180 g/mol. The molecule has 0 aromatic carbocycles. The highest BCUT2D eigenvalue weighted by molar-refractivity contribution is 7.47. The van der Waals surface area contributed by atoms with Crippen molar-refractivity contribution in [3.63, 3.8) is 0 Å². The van der Waals surface area contributed by atoms with Crippen LogP contribution in [-0.2, 0) is 13.6 Å². The summed E-state index contributed by atoms with van der Waals surface area (Å²) in [6.07, 6.45) is 1.65. The minimum atomic E-state index is -3.93. The topological polar surface area (TPSA) is 55.8 Å². The molecule has 0 rings (SSSR count). The minimum Gasteiger partial charge on any atom is -0.404 e. The van der Waals surface area contributed by atoms with Crippen LogP contribution in [-0.4, -0.2) is 22.3 Å². The lowest BCUT2D eigenvalue weighted by Gasteiger charge is -2.05. The van der Waals surface area contributed by atoms with Crippen LogP contribution < -0.4 is 0 Å². The van der Waals surface area contributed by atoms with Crippen LogP contribution in [0.15, 0.2) is 25.7 Å². The van der Waals surface area contributed by atoms with Gasteiger partial charge in [0, 0.05) is 0 Å². The summed E-state index contributed by atoms with van der Waals surface area (Å²) in [5, 5.41) is 0. The summed E-state index contributed by atoms with van der Waals surface area (Å²) < 4.78 is 18.5. The van der Waals surface area contributed by atoms with E-state index in [4.69, 9.17) is 4.89 Å². The number of rotatable bonds is 4. The van der Waals surface area contributed by atoms with E-state index in [2.05, 4.69) is 22.2 Å². The molecule has 0 aliphatic carbocycles. The van der Waals surface area contributed by atoms with Crippen LogP contribution in [0, 0.1) is 0 Å². The van der Waals surface area contributed by atoms with Gasteiger partial charge in [0.15, 0.2) is 17.4 Å². The summed E-state index contributed by atoms with van der Waals surface area (Å²) >= 11 is 0. The predicted molar refractivity (Wildman–Crippen MR) is 42.3 cm³/mol. The molecule has 0 saturated heterocycles. The zero-order valence-corrected chi connectivity index (χ0v) is 5.58. The average Bonchev–Trinajstić information content (AvgIpc) is 1.64. The fourth-order valence-electron chi connectivity index (χ4n) is 0.213. The average molecular weight is 180 g/mol. The smallest absolute Gasteiger partial charge is 0.404 e. The van der Waals surface area contributed by atoms with Gasteiger partial charge in [-0.3, -0.25) is 4.89 Å². The van der Waals surface area contributed by atoms with Crippen LogP contribution in [0.4, 0.5) is 0 Å². The van der Waals surface area contributed by atoms with Gasteiger partial charge < -0.3 is 9.05 Å². The van der Waals surface area contributed by atoms with Crippen molar-refractivity contribution in [2.75, 3.05) is 0 Å². The largest absolute Gasteiger partial charge is 0.583 e. The number of hydrogen-bond donors (Lipinski definition) is 1. The van der Waals surface area contributed by atoms with Gasteiger partial charge in [0.25, 0.3) is 0 Å². The van der Waals surface area contributed by atoms with Crippen LogP contribution in [0.3, 0.4) is 0 Å². The van der Waals surface area contributed by atoms with Gasteiger partial charge in [-0.1, -0.05) is 13.2 Å². The van der Waals surface area contributed by atoms with E-state index in [0.717, 1.165) is 12.5 Å². The third-order valence-corrected chi connectivity index (χ3v) is 1.25. The molecule has 0 radical (unpaired) electrons. The van der Waals surface area contributed by atoms with Crippen LogP contribution in [0.5, 0.6) is 0 Å². The first kappa shape index (κ1) is 12.5. The third-order valence-electron chi connectivity index (χ3n) is 0.415. The maximum atomic E-state index is 10.4. The highest BCUT2D eigenvalue weighted by atomic mass is 31.2. The SMILES string of the molecule is C=COP(=O)(O)OC=C.[AlH3]. The van der Waals surface area contributed by atoms with Crippen molar-refractivity contribution >= 4 is 25.2 Å². The fraction of sp³-hybridized carbons (Fsp3) is 0. The van der Waals surface area contributed by atoms with Gasteiger partial charge in [-0.05, 0) is 0 Å². The lowest BCUT2D eigenvalue weighted by Crippen LogP contribution is -1.81. The quantitative estimate of drug-likeness (QED) is 0.382. The molecule has 0 unspecified atom stereocenters. The molecule has 0 aliphatic heterocycles. The van der Waals surface area contributed by atoms with Crippen LogP contribution in [0.1, 0.15) is 0 Å². The lowest BCUT2D eigenvalue weighted by molar-refractivity contribution is 0.245. The summed E-state index contributed by atoms with van der Waals surface area (Å²) in [5.74, 6) is 0. The molecule has 0 bridgehead atoms. The van der Waals surface area contributed by atoms with Crippen molar-refractivity contribution in [1.82, 2.24) is 0 Å². The van der Waals surface area contributed by atoms with Crippen molar-refractivity contribution in [2.45, 2.75) is 0 Å². The van der Waals surface area contributed by atoms with E-state index in [0.29, 0.717) is 0 Å². The first-order valence-electron chi connectivity index (χ1n) is 2.04. The van der Waals surface area contributed by atoms with Crippen molar-refractivity contribution < 1.29 is 18.5 Å². The van der Waals surface area contributed by atoms with E-state index in [1.165, 1.54) is 0 Å². The number of phosphoric ester groups is 1. The van der Waals surface area contributed by atoms with E-state index in [9.17, 15) is 4.57 Å². The Labute approximate surface area is 69.9 Å². The first-order valence-corrected chi connectivity index (χ1v) is 3.53. The standard InChI is InChI=1S/C4H7O4P.Al.3H/c1-3-7-9(5,6)8-4-2;;;;/h3-4H,1-2H2,(H,5,6);;;;. The normalized spacial score (nSPS) is 8.90. The Hall–Kier alpha value is -0.198. The maximum Gasteiger partial charge on any atom is 0.583 e. The van der Waals surface area contributed by atoms with Crippen molar-refractivity contribution in [3.8, 4) is 0 Å². The molecule has 4 nitrogen and oxygen atoms in total.